The van der Waals surface area contributed by atoms with E-state index in [-0.39, 0.29) is 12.6 Å². The van der Waals surface area contributed by atoms with Crippen molar-refractivity contribution < 1.29 is 13.2 Å². The van der Waals surface area contributed by atoms with E-state index in [2.05, 4.69) is 30.7 Å². The van der Waals surface area contributed by atoms with Crippen LogP contribution in [0.2, 0.25) is 0 Å². The topological polar surface area (TPSA) is 83.8 Å². The van der Waals surface area contributed by atoms with Crippen molar-refractivity contribution in [2.45, 2.75) is 25.2 Å². The number of rotatable bonds is 5. The molecule has 0 spiro atoms. The van der Waals surface area contributed by atoms with Crippen LogP contribution in [0.3, 0.4) is 0 Å². The van der Waals surface area contributed by atoms with E-state index in [0.29, 0.717) is 36.1 Å². The fraction of sp³-hybridized carbons (Fsp3) is 0.400. The molecule has 11 heteroatoms. The SMILES string of the molecule is CNC1CCN(CC(F)(F)F)Cc2cc(-c3ncnc(Nc4ccn(C)n4)n3)ccc21. The highest BCUT2D eigenvalue weighted by Gasteiger charge is 2.32. The van der Waals surface area contributed by atoms with Gasteiger partial charge in [-0.1, -0.05) is 12.1 Å². The predicted octanol–water partition coefficient (Wildman–Crippen LogP) is 3.04. The van der Waals surface area contributed by atoms with E-state index in [9.17, 15) is 13.2 Å². The Balaban J connectivity index is 1.62. The molecule has 0 saturated carbocycles. The summed E-state index contributed by atoms with van der Waals surface area (Å²) in [5, 5.41) is 10.5. The van der Waals surface area contributed by atoms with E-state index < -0.39 is 12.7 Å². The molecule has 0 radical (unpaired) electrons. The Morgan fingerprint density at radius 1 is 1.19 bits per heavy atom. The maximum atomic E-state index is 13.0. The zero-order valence-corrected chi connectivity index (χ0v) is 17.2. The van der Waals surface area contributed by atoms with Crippen LogP contribution in [0.15, 0.2) is 36.8 Å². The van der Waals surface area contributed by atoms with Gasteiger partial charge in [0.2, 0.25) is 5.95 Å². The number of halogens is 3. The van der Waals surface area contributed by atoms with Crippen molar-refractivity contribution in [1.82, 2.24) is 34.9 Å². The Labute approximate surface area is 177 Å². The maximum absolute atomic E-state index is 13.0. The van der Waals surface area contributed by atoms with Crippen LogP contribution in [-0.2, 0) is 13.6 Å². The van der Waals surface area contributed by atoms with E-state index >= 15 is 0 Å². The number of fused-ring (bicyclic) bond motifs is 1. The molecule has 2 aromatic heterocycles. The summed E-state index contributed by atoms with van der Waals surface area (Å²) in [5.41, 5.74) is 2.55. The smallest absolute Gasteiger partial charge is 0.313 e. The third-order valence-corrected chi connectivity index (χ3v) is 5.18. The van der Waals surface area contributed by atoms with Crippen LogP contribution in [-0.4, -0.2) is 55.9 Å². The molecule has 2 N–H and O–H groups in total. The molecule has 3 heterocycles. The average Bonchev–Trinajstić information content (AvgIpc) is 3.04. The van der Waals surface area contributed by atoms with E-state index in [1.54, 1.807) is 24.0 Å². The van der Waals surface area contributed by atoms with Crippen LogP contribution in [0, 0.1) is 0 Å². The Morgan fingerprint density at radius 3 is 2.74 bits per heavy atom. The van der Waals surface area contributed by atoms with Gasteiger partial charge < -0.3 is 10.6 Å². The van der Waals surface area contributed by atoms with E-state index in [1.807, 2.05) is 25.2 Å². The second kappa shape index (κ2) is 8.60. The van der Waals surface area contributed by atoms with Gasteiger partial charge in [-0.25, -0.2) is 9.97 Å². The lowest BCUT2D eigenvalue weighted by molar-refractivity contribution is -0.147. The first-order valence-electron chi connectivity index (χ1n) is 9.86. The van der Waals surface area contributed by atoms with Crippen molar-refractivity contribution in [3.63, 3.8) is 0 Å². The number of aryl methyl sites for hydroxylation is 1. The largest absolute Gasteiger partial charge is 0.401 e. The molecule has 4 rings (SSSR count). The minimum Gasteiger partial charge on any atom is -0.313 e. The van der Waals surface area contributed by atoms with E-state index in [4.69, 9.17) is 0 Å². The van der Waals surface area contributed by atoms with Crippen molar-refractivity contribution in [3.8, 4) is 11.4 Å². The average molecular weight is 432 g/mol. The molecule has 1 aromatic carbocycles. The van der Waals surface area contributed by atoms with Crippen molar-refractivity contribution in [2.75, 3.05) is 25.5 Å². The summed E-state index contributed by atoms with van der Waals surface area (Å²) in [7, 11) is 3.63. The van der Waals surface area contributed by atoms with Gasteiger partial charge in [0.05, 0.1) is 6.54 Å². The molecule has 3 aromatic rings. The number of benzene rings is 1. The Morgan fingerprint density at radius 2 is 2.03 bits per heavy atom. The van der Waals surface area contributed by atoms with Gasteiger partial charge in [0, 0.05) is 44.0 Å². The number of hydrogen-bond acceptors (Lipinski definition) is 7. The summed E-state index contributed by atoms with van der Waals surface area (Å²) in [6.07, 6.45) is -0.451. The molecular weight excluding hydrogens is 409 g/mol. The van der Waals surface area contributed by atoms with Crippen LogP contribution < -0.4 is 10.6 Å². The van der Waals surface area contributed by atoms with Gasteiger partial charge in [-0.05, 0) is 30.7 Å². The van der Waals surface area contributed by atoms with Crippen molar-refractivity contribution in [3.05, 3.63) is 47.9 Å². The normalized spacial score (nSPS) is 17.3. The van der Waals surface area contributed by atoms with Crippen LogP contribution in [0.4, 0.5) is 24.9 Å². The van der Waals surface area contributed by atoms with Gasteiger partial charge >= 0.3 is 6.18 Å². The molecular formula is C20H23F3N8. The van der Waals surface area contributed by atoms with Gasteiger partial charge in [-0.15, -0.1) is 0 Å². The molecule has 0 bridgehead atoms. The first-order valence-corrected chi connectivity index (χ1v) is 9.86. The maximum Gasteiger partial charge on any atom is 0.401 e. The molecule has 1 unspecified atom stereocenters. The summed E-state index contributed by atoms with van der Waals surface area (Å²) in [6, 6.07) is 7.48. The number of nitrogens with one attached hydrogen (secondary N) is 2. The fourth-order valence-corrected chi connectivity index (χ4v) is 3.79. The molecule has 0 amide bonds. The molecule has 1 aliphatic heterocycles. The highest BCUT2D eigenvalue weighted by atomic mass is 19.4. The Kier molecular flexibility index (Phi) is 5.88. The van der Waals surface area contributed by atoms with Gasteiger partial charge in [0.25, 0.3) is 0 Å². The number of aromatic nitrogens is 5. The molecule has 0 fully saturated rings. The summed E-state index contributed by atoms with van der Waals surface area (Å²) >= 11 is 0. The Hall–Kier alpha value is -3.05. The van der Waals surface area contributed by atoms with E-state index in [1.165, 1.54) is 11.2 Å². The van der Waals surface area contributed by atoms with Gasteiger partial charge in [0.15, 0.2) is 11.6 Å². The molecule has 1 atom stereocenters. The summed E-state index contributed by atoms with van der Waals surface area (Å²) < 4.78 is 40.7. The van der Waals surface area contributed by atoms with Gasteiger partial charge in [-0.2, -0.15) is 23.3 Å². The third-order valence-electron chi connectivity index (χ3n) is 5.18. The fourth-order valence-electron chi connectivity index (χ4n) is 3.79. The number of anilines is 2. The quantitative estimate of drug-likeness (QED) is 0.641. The minimum absolute atomic E-state index is 0.0120. The lowest BCUT2D eigenvalue weighted by Crippen LogP contribution is -2.34. The Bertz CT molecular complexity index is 1050. The highest BCUT2D eigenvalue weighted by Crippen LogP contribution is 2.31. The zero-order chi connectivity index (χ0) is 22.0. The van der Waals surface area contributed by atoms with Crippen molar-refractivity contribution in [1.29, 1.82) is 0 Å². The van der Waals surface area contributed by atoms with Crippen LogP contribution in [0.5, 0.6) is 0 Å². The van der Waals surface area contributed by atoms with E-state index in [0.717, 1.165) is 11.1 Å². The summed E-state index contributed by atoms with van der Waals surface area (Å²) in [6.45, 7) is -0.360. The van der Waals surface area contributed by atoms with Crippen LogP contribution >= 0.6 is 0 Å². The molecule has 164 valence electrons. The minimum atomic E-state index is -4.24. The van der Waals surface area contributed by atoms with Gasteiger partial charge in [-0.3, -0.25) is 9.58 Å². The monoisotopic (exact) mass is 432 g/mol. The molecule has 1 aliphatic rings. The first kappa shape index (κ1) is 21.2. The first-order chi connectivity index (χ1) is 14.8. The van der Waals surface area contributed by atoms with Crippen molar-refractivity contribution in [2.24, 2.45) is 7.05 Å². The standard InChI is InChI=1S/C20H23F3N8/c1-24-16-5-8-31(11-20(21,22)23)10-14-9-13(3-4-15(14)16)18-25-12-26-19(28-18)27-17-6-7-30(2)29-17/h3-4,6-7,9,12,16,24H,5,8,10-11H2,1-2H3,(H,25,26,27,28,29). The number of nitrogens with zero attached hydrogens (tertiary/aromatic N) is 6. The lowest BCUT2D eigenvalue weighted by atomic mass is 9.97. The second-order valence-electron chi connectivity index (χ2n) is 7.50. The number of hydrogen-bond donors (Lipinski definition) is 2. The predicted molar refractivity (Wildman–Crippen MR) is 110 cm³/mol. The third kappa shape index (κ3) is 5.17. The molecule has 8 nitrogen and oxygen atoms in total. The zero-order valence-electron chi connectivity index (χ0n) is 17.2. The molecule has 0 saturated heterocycles. The van der Waals surface area contributed by atoms with Gasteiger partial charge in [0.1, 0.15) is 6.33 Å². The second-order valence-corrected chi connectivity index (χ2v) is 7.50. The molecule has 31 heavy (non-hydrogen) atoms. The van der Waals surface area contributed by atoms with Crippen LogP contribution in [0.25, 0.3) is 11.4 Å². The van der Waals surface area contributed by atoms with Crippen molar-refractivity contribution >= 4 is 11.8 Å². The lowest BCUT2D eigenvalue weighted by Gasteiger charge is -2.22. The highest BCUT2D eigenvalue weighted by molar-refractivity contribution is 5.60. The molecule has 0 aliphatic carbocycles. The summed E-state index contributed by atoms with van der Waals surface area (Å²) in [5.74, 6) is 1.37. The van der Waals surface area contributed by atoms with Crippen LogP contribution in [0.1, 0.15) is 23.6 Å². The summed E-state index contributed by atoms with van der Waals surface area (Å²) in [4.78, 5) is 14.3. The number of alkyl halides is 3.